The van der Waals surface area contributed by atoms with Crippen LogP contribution in [0.25, 0.3) is 0 Å². The smallest absolute Gasteiger partial charge is 0.244 e. The maximum Gasteiger partial charge on any atom is 0.244 e. The molecule has 0 saturated heterocycles. The summed E-state index contributed by atoms with van der Waals surface area (Å²) in [4.78, 5) is 13.0. The molecule has 2 aromatic rings. The quantitative estimate of drug-likeness (QED) is 0.672. The number of carbonyl (C=O) groups is 1. The molecule has 0 aliphatic rings. The van der Waals surface area contributed by atoms with E-state index in [0.29, 0.717) is 10.6 Å². The van der Waals surface area contributed by atoms with E-state index < -0.39 is 28.0 Å². The minimum atomic E-state index is -3.85. The molecule has 0 radical (unpaired) electrons. The third-order valence-corrected chi connectivity index (χ3v) is 5.84. The summed E-state index contributed by atoms with van der Waals surface area (Å²) in [7, 11) is -2.44. The van der Waals surface area contributed by atoms with Crippen LogP contribution in [-0.2, 0) is 14.8 Å². The lowest BCUT2D eigenvalue weighted by atomic mass is 10.1. The Labute approximate surface area is 175 Å². The molecule has 0 spiro atoms. The highest BCUT2D eigenvalue weighted by molar-refractivity contribution is 7.92. The molecule has 2 atom stereocenters. The van der Waals surface area contributed by atoms with E-state index >= 15 is 0 Å². The molecular weight excluding hydrogens is 419 g/mol. The van der Waals surface area contributed by atoms with Crippen molar-refractivity contribution in [1.29, 1.82) is 0 Å². The van der Waals surface area contributed by atoms with Crippen molar-refractivity contribution < 1.29 is 22.3 Å². The van der Waals surface area contributed by atoms with Crippen molar-refractivity contribution in [1.82, 2.24) is 5.32 Å². The molecule has 0 saturated carbocycles. The van der Waals surface area contributed by atoms with Crippen LogP contribution in [0.3, 0.4) is 0 Å². The Kier molecular flexibility index (Phi) is 7.48. The maximum atomic E-state index is 13.1. The Morgan fingerprint density at radius 3 is 2.38 bits per heavy atom. The van der Waals surface area contributed by atoms with Crippen LogP contribution in [0.15, 0.2) is 42.5 Å². The summed E-state index contributed by atoms with van der Waals surface area (Å²) in [5.41, 5.74) is 0.875. The fourth-order valence-electron chi connectivity index (χ4n) is 3.02. The fourth-order valence-corrected chi connectivity index (χ4v) is 4.39. The van der Waals surface area contributed by atoms with Crippen LogP contribution < -0.4 is 14.4 Å². The van der Waals surface area contributed by atoms with Crippen LogP contribution in [0.4, 0.5) is 10.1 Å². The van der Waals surface area contributed by atoms with Gasteiger partial charge in [0.1, 0.15) is 17.6 Å². The summed E-state index contributed by atoms with van der Waals surface area (Å²) < 4.78 is 44.7. The number of nitrogens with zero attached hydrogens (tertiary/aromatic N) is 1. The molecule has 6 nitrogen and oxygen atoms in total. The zero-order chi connectivity index (χ0) is 21.8. The molecule has 2 rings (SSSR count). The van der Waals surface area contributed by atoms with Crippen LogP contribution in [0.2, 0.25) is 5.02 Å². The largest absolute Gasteiger partial charge is 0.495 e. The number of amides is 1. The van der Waals surface area contributed by atoms with E-state index in [9.17, 15) is 17.6 Å². The monoisotopic (exact) mass is 442 g/mol. The van der Waals surface area contributed by atoms with Gasteiger partial charge in [0, 0.05) is 5.02 Å². The molecule has 0 aliphatic heterocycles. The van der Waals surface area contributed by atoms with Crippen molar-refractivity contribution in [2.75, 3.05) is 17.7 Å². The molecule has 2 aromatic carbocycles. The minimum absolute atomic E-state index is 0.180. The molecule has 0 aromatic heterocycles. The van der Waals surface area contributed by atoms with Crippen molar-refractivity contribution >= 4 is 33.2 Å². The highest BCUT2D eigenvalue weighted by Gasteiger charge is 2.34. The second-order valence-corrected chi connectivity index (χ2v) is 8.88. The van der Waals surface area contributed by atoms with Crippen molar-refractivity contribution in [3.63, 3.8) is 0 Å². The van der Waals surface area contributed by atoms with Crippen LogP contribution in [0.1, 0.15) is 31.9 Å². The van der Waals surface area contributed by atoms with Crippen LogP contribution in [-0.4, -0.2) is 33.7 Å². The molecule has 0 heterocycles. The molecule has 1 N–H and O–H groups in total. The summed E-state index contributed by atoms with van der Waals surface area (Å²) in [6.45, 7) is 3.45. The zero-order valence-corrected chi connectivity index (χ0v) is 18.2. The first kappa shape index (κ1) is 23.0. The molecule has 0 unspecified atom stereocenters. The lowest BCUT2D eigenvalue weighted by Gasteiger charge is -2.32. The van der Waals surface area contributed by atoms with E-state index in [4.69, 9.17) is 16.3 Å². The normalized spacial score (nSPS) is 13.4. The van der Waals surface area contributed by atoms with Gasteiger partial charge in [-0.25, -0.2) is 12.8 Å². The Morgan fingerprint density at radius 2 is 1.86 bits per heavy atom. The number of methoxy groups -OCH3 is 1. The van der Waals surface area contributed by atoms with Gasteiger partial charge in [-0.15, -0.1) is 0 Å². The predicted molar refractivity (Wildman–Crippen MR) is 112 cm³/mol. The van der Waals surface area contributed by atoms with Gasteiger partial charge in [0.2, 0.25) is 15.9 Å². The number of benzene rings is 2. The number of halogens is 2. The van der Waals surface area contributed by atoms with Gasteiger partial charge in [-0.05, 0) is 49.2 Å². The number of anilines is 1. The second-order valence-electron chi connectivity index (χ2n) is 6.58. The molecule has 158 valence electrons. The average molecular weight is 443 g/mol. The van der Waals surface area contributed by atoms with E-state index in [1.165, 1.54) is 25.3 Å². The summed E-state index contributed by atoms with van der Waals surface area (Å²) in [6, 6.07) is 8.82. The number of hydrogen-bond donors (Lipinski definition) is 1. The van der Waals surface area contributed by atoms with Crippen molar-refractivity contribution in [3.8, 4) is 5.75 Å². The number of hydrogen-bond acceptors (Lipinski definition) is 4. The van der Waals surface area contributed by atoms with E-state index in [1.807, 2.05) is 0 Å². The summed E-state index contributed by atoms with van der Waals surface area (Å²) in [5.74, 6) is -0.593. The number of sulfonamides is 1. The minimum Gasteiger partial charge on any atom is -0.495 e. The number of nitrogens with one attached hydrogen (secondary N) is 1. The summed E-state index contributed by atoms with van der Waals surface area (Å²) in [5, 5.41) is 3.11. The highest BCUT2D eigenvalue weighted by atomic mass is 35.5. The standard InChI is InChI=1S/C20H24ClFN2O4S/c1-5-17(20(25)23-13(2)14-6-9-16(22)10-7-14)24(29(4,26)27)18-12-15(21)8-11-19(18)28-3/h6-13,17H,5H2,1-4H3,(H,23,25)/t13-,17+/m0/s1. The molecular formula is C20H24ClFN2O4S. The molecule has 0 fully saturated rings. The maximum absolute atomic E-state index is 13.1. The number of carbonyl (C=O) groups excluding carboxylic acids is 1. The lowest BCUT2D eigenvalue weighted by molar-refractivity contribution is -0.122. The predicted octanol–water partition coefficient (Wildman–Crippen LogP) is 3.91. The van der Waals surface area contributed by atoms with E-state index in [0.717, 1.165) is 10.6 Å². The van der Waals surface area contributed by atoms with Crippen LogP contribution >= 0.6 is 11.6 Å². The second kappa shape index (κ2) is 9.45. The van der Waals surface area contributed by atoms with Crippen LogP contribution in [0.5, 0.6) is 5.75 Å². The summed E-state index contributed by atoms with van der Waals surface area (Å²) >= 11 is 6.06. The first-order chi connectivity index (χ1) is 13.6. The molecule has 0 bridgehead atoms. The van der Waals surface area contributed by atoms with E-state index in [-0.39, 0.29) is 23.7 Å². The van der Waals surface area contributed by atoms with E-state index in [2.05, 4.69) is 5.32 Å². The van der Waals surface area contributed by atoms with Gasteiger partial charge in [-0.2, -0.15) is 0 Å². The van der Waals surface area contributed by atoms with Crippen molar-refractivity contribution in [2.24, 2.45) is 0 Å². The third kappa shape index (κ3) is 5.61. The zero-order valence-electron chi connectivity index (χ0n) is 16.6. The first-order valence-electron chi connectivity index (χ1n) is 8.97. The Balaban J connectivity index is 2.40. The fraction of sp³-hybridized carbons (Fsp3) is 0.350. The van der Waals surface area contributed by atoms with Gasteiger partial charge in [0.05, 0.1) is 25.1 Å². The van der Waals surface area contributed by atoms with Gasteiger partial charge in [-0.3, -0.25) is 9.10 Å². The van der Waals surface area contributed by atoms with Crippen LogP contribution in [0, 0.1) is 5.82 Å². The Morgan fingerprint density at radius 1 is 1.24 bits per heavy atom. The molecule has 29 heavy (non-hydrogen) atoms. The topological polar surface area (TPSA) is 75.7 Å². The molecule has 1 amide bonds. The molecule has 0 aliphatic carbocycles. The van der Waals surface area contributed by atoms with Gasteiger partial charge in [0.15, 0.2) is 0 Å². The SMILES string of the molecule is CC[C@H](C(=O)N[C@@H](C)c1ccc(F)cc1)N(c1cc(Cl)ccc1OC)S(C)(=O)=O. The van der Waals surface area contributed by atoms with Crippen molar-refractivity contribution in [3.05, 3.63) is 58.9 Å². The van der Waals surface area contributed by atoms with Gasteiger partial charge in [0.25, 0.3) is 0 Å². The lowest BCUT2D eigenvalue weighted by Crippen LogP contribution is -2.49. The first-order valence-corrected chi connectivity index (χ1v) is 11.2. The number of ether oxygens (including phenoxy) is 1. The van der Waals surface area contributed by atoms with Gasteiger partial charge >= 0.3 is 0 Å². The number of rotatable bonds is 8. The van der Waals surface area contributed by atoms with Gasteiger partial charge < -0.3 is 10.1 Å². The van der Waals surface area contributed by atoms with Gasteiger partial charge in [-0.1, -0.05) is 30.7 Å². The Hall–Kier alpha value is -2.32. The average Bonchev–Trinajstić information content (AvgIpc) is 2.65. The van der Waals surface area contributed by atoms with Crippen molar-refractivity contribution in [2.45, 2.75) is 32.4 Å². The third-order valence-electron chi connectivity index (χ3n) is 4.44. The molecule has 9 heteroatoms. The van der Waals surface area contributed by atoms with E-state index in [1.54, 1.807) is 38.1 Å². The Bertz CT molecular complexity index is 967. The highest BCUT2D eigenvalue weighted by Crippen LogP contribution is 2.35. The summed E-state index contributed by atoms with van der Waals surface area (Å²) in [6.07, 6.45) is 1.23.